The molecular weight excluding hydrogens is 465 g/mol. The van der Waals surface area contributed by atoms with Gasteiger partial charge in [0.05, 0.1) is 18.7 Å². The van der Waals surface area contributed by atoms with Crippen LogP contribution >= 0.6 is 0 Å². The predicted molar refractivity (Wildman–Crippen MR) is 134 cm³/mol. The molecule has 1 heterocycles. The fourth-order valence-electron chi connectivity index (χ4n) is 4.04. The molecule has 0 N–H and O–H groups in total. The molecule has 0 aliphatic carbocycles. The van der Waals surface area contributed by atoms with Crippen LogP contribution in [0.25, 0.3) is 16.1 Å². The minimum absolute atomic E-state index is 0.0302. The lowest BCUT2D eigenvalue weighted by atomic mass is 10.0. The van der Waals surface area contributed by atoms with Crippen molar-refractivity contribution in [2.45, 2.75) is 33.5 Å². The molecule has 0 saturated heterocycles. The Hall–Kier alpha value is -4.31. The van der Waals surface area contributed by atoms with Crippen molar-refractivity contribution in [3.05, 3.63) is 122 Å². The number of aryl methyl sites for hydroxylation is 3. The molecule has 1 aromatic heterocycles. The number of aromatic nitrogens is 1. The average Bonchev–Trinajstić information content (AvgIpc) is 2.83. The Morgan fingerprint density at radius 1 is 0.917 bits per heavy atom. The molecule has 0 unspecified atom stereocenters. The van der Waals surface area contributed by atoms with Gasteiger partial charge in [-0.25, -0.2) is 4.85 Å². The van der Waals surface area contributed by atoms with Crippen molar-refractivity contribution >= 4 is 5.69 Å². The van der Waals surface area contributed by atoms with Gasteiger partial charge in [-0.05, 0) is 79.4 Å². The fraction of sp³-hybridized carbons (Fsp3) is 0.172. The molecule has 4 aromatic rings. The number of nitrogens with zero attached hydrogens (tertiary/aromatic N) is 2. The summed E-state index contributed by atoms with van der Waals surface area (Å²) in [6.07, 6.45) is -4.85. The van der Waals surface area contributed by atoms with Crippen LogP contribution in [0, 0.1) is 27.3 Å². The van der Waals surface area contributed by atoms with Gasteiger partial charge in [-0.3, -0.25) is 4.79 Å². The van der Waals surface area contributed by atoms with Crippen LogP contribution in [-0.4, -0.2) is 4.57 Å². The van der Waals surface area contributed by atoms with Crippen molar-refractivity contribution in [1.82, 2.24) is 4.57 Å². The molecule has 0 spiro atoms. The van der Waals surface area contributed by atoms with Crippen molar-refractivity contribution < 1.29 is 17.9 Å². The molecule has 36 heavy (non-hydrogen) atoms. The summed E-state index contributed by atoms with van der Waals surface area (Å²) in [6, 6.07) is 20.5. The molecule has 0 aliphatic heterocycles. The van der Waals surface area contributed by atoms with Crippen molar-refractivity contribution in [2.75, 3.05) is 0 Å². The third kappa shape index (κ3) is 5.03. The van der Waals surface area contributed by atoms with Crippen molar-refractivity contribution in [2.24, 2.45) is 0 Å². The van der Waals surface area contributed by atoms with Crippen LogP contribution in [0.2, 0.25) is 0 Å². The zero-order chi connectivity index (χ0) is 26.0. The van der Waals surface area contributed by atoms with E-state index in [1.807, 2.05) is 63.2 Å². The van der Waals surface area contributed by atoms with E-state index in [1.165, 1.54) is 4.57 Å². The smallest absolute Gasteiger partial charge is 0.407 e. The molecule has 3 aromatic carbocycles. The second-order valence-electron chi connectivity index (χ2n) is 8.61. The van der Waals surface area contributed by atoms with Crippen LogP contribution < -0.4 is 10.3 Å². The van der Waals surface area contributed by atoms with E-state index in [-0.39, 0.29) is 12.2 Å². The average molecular weight is 489 g/mol. The molecule has 4 rings (SSSR count). The summed E-state index contributed by atoms with van der Waals surface area (Å²) in [5.74, 6) is 1.17. The van der Waals surface area contributed by atoms with Gasteiger partial charge >= 0.3 is 6.18 Å². The molecular formula is C29H23F3N2O2. The Bertz CT molecular complexity index is 1530. The predicted octanol–water partition coefficient (Wildman–Crippen LogP) is 7.85. The molecule has 182 valence electrons. The minimum atomic E-state index is -4.85. The summed E-state index contributed by atoms with van der Waals surface area (Å²) in [5, 5.41) is 0. The number of pyridine rings is 1. The van der Waals surface area contributed by atoms with Gasteiger partial charge in [-0.1, -0.05) is 42.0 Å². The van der Waals surface area contributed by atoms with E-state index in [1.54, 1.807) is 24.3 Å². The van der Waals surface area contributed by atoms with Gasteiger partial charge in [0.2, 0.25) is 0 Å². The highest BCUT2D eigenvalue weighted by atomic mass is 19.4. The number of halogens is 3. The summed E-state index contributed by atoms with van der Waals surface area (Å²) in [6.45, 7) is 13.0. The van der Waals surface area contributed by atoms with E-state index in [2.05, 4.69) is 4.85 Å². The van der Waals surface area contributed by atoms with Crippen LogP contribution in [0.4, 0.5) is 18.9 Å². The van der Waals surface area contributed by atoms with Gasteiger partial charge in [0.15, 0.2) is 0 Å². The molecule has 7 heteroatoms. The number of para-hydroxylation sites is 1. The molecule has 0 fully saturated rings. The maximum Gasteiger partial charge on any atom is 0.407 e. The summed E-state index contributed by atoms with van der Waals surface area (Å²) < 4.78 is 48.6. The van der Waals surface area contributed by atoms with Crippen molar-refractivity contribution in [3.8, 4) is 22.8 Å². The highest BCUT2D eigenvalue weighted by molar-refractivity contribution is 5.67. The number of benzene rings is 3. The zero-order valence-corrected chi connectivity index (χ0v) is 20.0. The number of rotatable bonds is 5. The molecule has 0 saturated carbocycles. The van der Waals surface area contributed by atoms with Crippen LogP contribution in [0.5, 0.6) is 11.5 Å². The van der Waals surface area contributed by atoms with E-state index in [0.717, 1.165) is 28.3 Å². The normalized spacial score (nSPS) is 11.2. The van der Waals surface area contributed by atoms with Crippen LogP contribution in [0.3, 0.4) is 0 Å². The van der Waals surface area contributed by atoms with E-state index in [0.29, 0.717) is 17.1 Å². The Kier molecular flexibility index (Phi) is 6.71. The van der Waals surface area contributed by atoms with Crippen molar-refractivity contribution in [1.29, 1.82) is 0 Å². The Morgan fingerprint density at radius 3 is 2.22 bits per heavy atom. The molecule has 0 radical (unpaired) electrons. The third-order valence-corrected chi connectivity index (χ3v) is 5.99. The number of hydrogen-bond donors (Lipinski definition) is 0. The topological polar surface area (TPSA) is 35.6 Å². The summed E-state index contributed by atoms with van der Waals surface area (Å²) in [5.41, 5.74) is 0.965. The molecule has 0 amide bonds. The Labute approximate surface area is 207 Å². The summed E-state index contributed by atoms with van der Waals surface area (Å²) >= 11 is 0. The van der Waals surface area contributed by atoms with E-state index < -0.39 is 23.0 Å². The second kappa shape index (κ2) is 9.74. The maximum absolute atomic E-state index is 13.8. The Morgan fingerprint density at radius 2 is 1.61 bits per heavy atom. The molecule has 4 nitrogen and oxygen atoms in total. The van der Waals surface area contributed by atoms with Gasteiger partial charge in [0, 0.05) is 5.69 Å². The van der Waals surface area contributed by atoms with E-state index >= 15 is 0 Å². The second-order valence-corrected chi connectivity index (χ2v) is 8.61. The van der Waals surface area contributed by atoms with Gasteiger partial charge in [-0.2, -0.15) is 13.2 Å². The molecule has 0 bridgehead atoms. The SMILES string of the molecule is [C-]#[N+]c1c(C(F)(F)F)cc(-c2ccc(Oc3ccccc3C)cc2)n(Cc2ccc(C)cc2C)c1=O. The first kappa shape index (κ1) is 24.8. The maximum atomic E-state index is 13.8. The highest BCUT2D eigenvalue weighted by Crippen LogP contribution is 2.38. The number of hydrogen-bond acceptors (Lipinski definition) is 2. The first-order valence-electron chi connectivity index (χ1n) is 11.2. The van der Waals surface area contributed by atoms with E-state index in [9.17, 15) is 18.0 Å². The summed E-state index contributed by atoms with van der Waals surface area (Å²) in [4.78, 5) is 16.2. The summed E-state index contributed by atoms with van der Waals surface area (Å²) in [7, 11) is 0. The lowest BCUT2D eigenvalue weighted by molar-refractivity contribution is -0.136. The lowest BCUT2D eigenvalue weighted by Gasteiger charge is -2.19. The number of ether oxygens (including phenoxy) is 1. The third-order valence-electron chi connectivity index (χ3n) is 5.99. The largest absolute Gasteiger partial charge is 0.457 e. The fourth-order valence-corrected chi connectivity index (χ4v) is 4.04. The van der Waals surface area contributed by atoms with E-state index in [4.69, 9.17) is 11.3 Å². The molecule has 0 aliphatic rings. The van der Waals surface area contributed by atoms with Gasteiger partial charge in [-0.15, -0.1) is 0 Å². The highest BCUT2D eigenvalue weighted by Gasteiger charge is 2.36. The quantitative estimate of drug-likeness (QED) is 0.268. The molecule has 0 atom stereocenters. The zero-order valence-electron chi connectivity index (χ0n) is 20.0. The van der Waals surface area contributed by atoms with Gasteiger partial charge < -0.3 is 9.30 Å². The minimum Gasteiger partial charge on any atom is -0.457 e. The van der Waals surface area contributed by atoms with Crippen LogP contribution in [0.15, 0.2) is 77.6 Å². The van der Waals surface area contributed by atoms with Gasteiger partial charge in [0.1, 0.15) is 11.5 Å². The standard InChI is InChI=1S/C29H23F3N2O2/c1-18-9-10-22(20(3)15-18)17-34-25(16-24(29(30,31)32)27(33-4)28(34)35)21-11-13-23(14-12-21)36-26-8-6-5-7-19(26)2/h5-16H,17H2,1-3H3. The first-order valence-corrected chi connectivity index (χ1v) is 11.2. The first-order chi connectivity index (χ1) is 17.1. The van der Waals surface area contributed by atoms with Crippen LogP contribution in [-0.2, 0) is 12.7 Å². The lowest BCUT2D eigenvalue weighted by Crippen LogP contribution is -2.25. The Balaban J connectivity index is 1.84. The number of alkyl halides is 3. The van der Waals surface area contributed by atoms with Crippen LogP contribution in [0.1, 0.15) is 27.8 Å². The monoisotopic (exact) mass is 488 g/mol. The van der Waals surface area contributed by atoms with Gasteiger partial charge in [0.25, 0.3) is 11.2 Å². The van der Waals surface area contributed by atoms with Crippen molar-refractivity contribution in [3.63, 3.8) is 0 Å².